The van der Waals surface area contributed by atoms with Crippen LogP contribution in [0, 0.1) is 0 Å². The molecule has 23 heavy (non-hydrogen) atoms. The summed E-state index contributed by atoms with van der Waals surface area (Å²) in [6.45, 7) is 0. The number of carbonyl (C=O) groups is 2. The number of nitrogens with one attached hydrogen (secondary N) is 1. The van der Waals surface area contributed by atoms with Crippen LogP contribution in [0.3, 0.4) is 0 Å². The topological polar surface area (TPSA) is 172 Å². The van der Waals surface area contributed by atoms with E-state index in [-0.39, 0.29) is 27.4 Å². The van der Waals surface area contributed by atoms with Gasteiger partial charge >= 0.3 is 0 Å². The molecule has 2 aromatic rings. The number of primary amides is 1. The molecule has 0 saturated heterocycles. The predicted octanol–water partition coefficient (Wildman–Crippen LogP) is -0.543. The first-order chi connectivity index (χ1) is 10.9. The Balaban J connectivity index is 2.26. The molecule has 2 rings (SSSR count). The zero-order valence-electron chi connectivity index (χ0n) is 11.8. The summed E-state index contributed by atoms with van der Waals surface area (Å²) >= 11 is 2.25. The van der Waals surface area contributed by atoms with Crippen molar-refractivity contribution >= 4 is 50.5 Å². The molecule has 0 bridgehead atoms. The van der Waals surface area contributed by atoms with E-state index < -0.39 is 17.9 Å². The maximum atomic E-state index is 12.4. The van der Waals surface area contributed by atoms with Crippen molar-refractivity contribution < 1.29 is 14.4 Å². The lowest BCUT2D eigenvalue weighted by Gasteiger charge is -2.13. The van der Waals surface area contributed by atoms with E-state index in [1.165, 1.54) is 17.9 Å². The third-order valence-electron chi connectivity index (χ3n) is 2.56. The molecule has 122 valence electrons. The standard InChI is InChI=1S/C11H13N7O3S2/c1-21-18-7(5-3-23-11(14)16-5)9(20)17-6(8(12)19)4-2-22-10(13)15-4/h2-3,6H,1H3,(H2,12,19)(H2,13,15)(H2,14,16)(H,17,20). The van der Waals surface area contributed by atoms with Gasteiger partial charge in [-0.3, -0.25) is 9.59 Å². The van der Waals surface area contributed by atoms with Crippen LogP contribution in [0.1, 0.15) is 17.4 Å². The third-order valence-corrected chi connectivity index (χ3v) is 3.92. The number of anilines is 2. The first-order valence-corrected chi connectivity index (χ1v) is 7.82. The Kier molecular flexibility index (Phi) is 5.08. The second-order valence-corrected chi connectivity index (χ2v) is 5.89. The Morgan fingerprint density at radius 3 is 2.39 bits per heavy atom. The van der Waals surface area contributed by atoms with Crippen LogP contribution in [-0.4, -0.2) is 34.6 Å². The minimum atomic E-state index is -1.16. The molecule has 1 atom stereocenters. The minimum Gasteiger partial charge on any atom is -0.398 e. The van der Waals surface area contributed by atoms with E-state index in [9.17, 15) is 9.59 Å². The van der Waals surface area contributed by atoms with Gasteiger partial charge in [0.05, 0.1) is 5.69 Å². The fourth-order valence-electron chi connectivity index (χ4n) is 1.62. The number of nitrogens with zero attached hydrogens (tertiary/aromatic N) is 3. The molecule has 0 aromatic carbocycles. The molecule has 10 nitrogen and oxygen atoms in total. The van der Waals surface area contributed by atoms with E-state index in [4.69, 9.17) is 17.2 Å². The van der Waals surface area contributed by atoms with Crippen molar-refractivity contribution in [2.45, 2.75) is 6.04 Å². The van der Waals surface area contributed by atoms with Gasteiger partial charge in [-0.05, 0) is 0 Å². The first-order valence-electron chi connectivity index (χ1n) is 6.06. The number of carbonyl (C=O) groups excluding carboxylic acids is 2. The van der Waals surface area contributed by atoms with Crippen molar-refractivity contribution in [1.29, 1.82) is 0 Å². The number of amides is 2. The Bertz CT molecular complexity index is 754. The van der Waals surface area contributed by atoms with Crippen LogP contribution in [-0.2, 0) is 14.4 Å². The number of nitrogens with two attached hydrogens (primary N) is 3. The van der Waals surface area contributed by atoms with E-state index in [1.54, 1.807) is 0 Å². The summed E-state index contributed by atoms with van der Waals surface area (Å²) in [5.41, 5.74) is 16.7. The fourth-order valence-corrected chi connectivity index (χ4v) is 2.75. The quantitative estimate of drug-likeness (QED) is 0.398. The van der Waals surface area contributed by atoms with Gasteiger partial charge in [0.1, 0.15) is 12.8 Å². The average Bonchev–Trinajstić information content (AvgIpc) is 3.10. The van der Waals surface area contributed by atoms with Crippen LogP contribution in [0.15, 0.2) is 15.9 Å². The second kappa shape index (κ2) is 7.02. The van der Waals surface area contributed by atoms with Gasteiger partial charge in [-0.2, -0.15) is 0 Å². The lowest BCUT2D eigenvalue weighted by Crippen LogP contribution is -2.41. The van der Waals surface area contributed by atoms with Gasteiger partial charge in [0.15, 0.2) is 22.0 Å². The molecule has 0 radical (unpaired) electrons. The summed E-state index contributed by atoms with van der Waals surface area (Å²) in [5.74, 6) is -1.51. The summed E-state index contributed by atoms with van der Waals surface area (Å²) in [7, 11) is 1.27. The van der Waals surface area contributed by atoms with Crippen LogP contribution >= 0.6 is 22.7 Å². The van der Waals surface area contributed by atoms with E-state index in [1.807, 2.05) is 0 Å². The van der Waals surface area contributed by atoms with Crippen molar-refractivity contribution in [2.24, 2.45) is 10.9 Å². The van der Waals surface area contributed by atoms with Gasteiger partial charge in [-0.1, -0.05) is 5.16 Å². The van der Waals surface area contributed by atoms with Gasteiger partial charge < -0.3 is 27.4 Å². The second-order valence-electron chi connectivity index (χ2n) is 4.11. The van der Waals surface area contributed by atoms with E-state index in [0.717, 1.165) is 22.7 Å². The average molecular weight is 355 g/mol. The van der Waals surface area contributed by atoms with E-state index in [2.05, 4.69) is 25.3 Å². The number of hydrogen-bond donors (Lipinski definition) is 4. The molecular formula is C11H13N7O3S2. The molecule has 2 aromatic heterocycles. The fraction of sp³-hybridized carbons (Fsp3) is 0.182. The van der Waals surface area contributed by atoms with Gasteiger partial charge in [0, 0.05) is 10.8 Å². The van der Waals surface area contributed by atoms with Crippen LogP contribution < -0.4 is 22.5 Å². The third kappa shape index (κ3) is 3.92. The number of aromatic nitrogens is 2. The summed E-state index contributed by atoms with van der Waals surface area (Å²) in [6, 6.07) is -1.16. The predicted molar refractivity (Wildman–Crippen MR) is 86.7 cm³/mol. The molecule has 0 saturated carbocycles. The lowest BCUT2D eigenvalue weighted by atomic mass is 10.2. The summed E-state index contributed by atoms with van der Waals surface area (Å²) < 4.78 is 0. The Morgan fingerprint density at radius 2 is 1.91 bits per heavy atom. The van der Waals surface area contributed by atoms with Gasteiger partial charge in [-0.25, -0.2) is 9.97 Å². The SMILES string of the molecule is CON=C(C(=O)NC(C(N)=O)c1csc(N)n1)c1csc(N)n1. The van der Waals surface area contributed by atoms with Crippen molar-refractivity contribution in [1.82, 2.24) is 15.3 Å². The molecule has 2 amide bonds. The Morgan fingerprint density at radius 1 is 1.26 bits per heavy atom. The zero-order chi connectivity index (χ0) is 17.0. The maximum absolute atomic E-state index is 12.4. The molecule has 2 heterocycles. The van der Waals surface area contributed by atoms with Crippen LogP contribution in [0.4, 0.5) is 10.3 Å². The van der Waals surface area contributed by atoms with Crippen molar-refractivity contribution in [3.8, 4) is 0 Å². The highest BCUT2D eigenvalue weighted by molar-refractivity contribution is 7.14. The minimum absolute atomic E-state index is 0.144. The lowest BCUT2D eigenvalue weighted by molar-refractivity contribution is -0.124. The number of rotatable bonds is 6. The molecule has 0 fully saturated rings. The van der Waals surface area contributed by atoms with Gasteiger partial charge in [0.2, 0.25) is 5.91 Å². The number of oxime groups is 1. The number of nitrogen functional groups attached to an aromatic ring is 2. The molecule has 1 unspecified atom stereocenters. The molecule has 7 N–H and O–H groups in total. The van der Waals surface area contributed by atoms with E-state index >= 15 is 0 Å². The summed E-state index contributed by atoms with van der Waals surface area (Å²) in [4.78, 5) is 36.5. The molecule has 0 aliphatic heterocycles. The monoisotopic (exact) mass is 355 g/mol. The van der Waals surface area contributed by atoms with Gasteiger partial charge in [-0.15, -0.1) is 22.7 Å². The van der Waals surface area contributed by atoms with Crippen molar-refractivity contribution in [3.63, 3.8) is 0 Å². The zero-order valence-corrected chi connectivity index (χ0v) is 13.5. The largest absolute Gasteiger partial charge is 0.398 e. The Hall–Kier alpha value is -2.73. The smallest absolute Gasteiger partial charge is 0.276 e. The van der Waals surface area contributed by atoms with E-state index in [0.29, 0.717) is 0 Å². The highest BCUT2D eigenvalue weighted by atomic mass is 32.1. The number of thiazole rings is 2. The number of hydrogen-bond acceptors (Lipinski definition) is 10. The van der Waals surface area contributed by atoms with Crippen molar-refractivity contribution in [3.05, 3.63) is 22.1 Å². The first kappa shape index (κ1) is 16.6. The summed E-state index contributed by atoms with van der Waals surface area (Å²) in [5, 5.41) is 9.61. The molecule has 0 spiro atoms. The highest BCUT2D eigenvalue weighted by Crippen LogP contribution is 2.19. The van der Waals surface area contributed by atoms with Crippen LogP contribution in [0.5, 0.6) is 0 Å². The van der Waals surface area contributed by atoms with Gasteiger partial charge in [0.25, 0.3) is 5.91 Å². The van der Waals surface area contributed by atoms with Crippen LogP contribution in [0.2, 0.25) is 0 Å². The Labute approximate surface area is 138 Å². The normalized spacial score (nSPS) is 12.7. The highest BCUT2D eigenvalue weighted by Gasteiger charge is 2.27. The maximum Gasteiger partial charge on any atom is 0.276 e. The van der Waals surface area contributed by atoms with Crippen LogP contribution in [0.25, 0.3) is 0 Å². The molecular weight excluding hydrogens is 342 g/mol. The molecule has 0 aliphatic carbocycles. The summed E-state index contributed by atoms with van der Waals surface area (Å²) in [6.07, 6.45) is 0. The molecule has 0 aliphatic rings. The van der Waals surface area contributed by atoms with Crippen molar-refractivity contribution in [2.75, 3.05) is 18.6 Å². The molecule has 12 heteroatoms.